The second-order valence-corrected chi connectivity index (χ2v) is 5.57. The molecule has 0 saturated carbocycles. The lowest BCUT2D eigenvalue weighted by atomic mass is 10.2. The van der Waals surface area contributed by atoms with Crippen molar-refractivity contribution >= 4 is 40.2 Å². The summed E-state index contributed by atoms with van der Waals surface area (Å²) in [6, 6.07) is 15.3. The average Bonchev–Trinajstić information content (AvgIpc) is 2.53. The van der Waals surface area contributed by atoms with Gasteiger partial charge in [-0.25, -0.2) is 4.79 Å². The first-order valence-corrected chi connectivity index (χ1v) is 7.39. The second-order valence-electron chi connectivity index (χ2n) is 4.32. The van der Waals surface area contributed by atoms with Gasteiger partial charge in [-0.05, 0) is 65.1 Å². The minimum absolute atomic E-state index is 0.387. The molecule has 0 heterocycles. The minimum Gasteiger partial charge on any atom is -0.452 e. The monoisotopic (exact) mass is 406 g/mol. The van der Waals surface area contributed by atoms with Crippen molar-refractivity contribution < 1.29 is 14.3 Å². The number of hydrogen-bond donors (Lipinski definition) is 1. The number of nitriles is 1. The summed E-state index contributed by atoms with van der Waals surface area (Å²) in [7, 11) is 0. The number of carbonyl (C=O) groups excluding carboxylic acids is 2. The van der Waals surface area contributed by atoms with Crippen LogP contribution in [0.15, 0.2) is 48.5 Å². The second kappa shape index (κ2) is 7.56. The number of anilines is 1. The molecule has 6 heteroatoms. The minimum atomic E-state index is -0.558. The van der Waals surface area contributed by atoms with Crippen LogP contribution >= 0.6 is 22.6 Å². The largest absolute Gasteiger partial charge is 0.452 e. The van der Waals surface area contributed by atoms with Crippen molar-refractivity contribution in [2.75, 3.05) is 11.9 Å². The van der Waals surface area contributed by atoms with E-state index in [0.29, 0.717) is 16.8 Å². The zero-order chi connectivity index (χ0) is 15.9. The van der Waals surface area contributed by atoms with Gasteiger partial charge in [0.25, 0.3) is 5.91 Å². The van der Waals surface area contributed by atoms with Crippen molar-refractivity contribution in [3.8, 4) is 6.07 Å². The van der Waals surface area contributed by atoms with Crippen LogP contribution in [0.2, 0.25) is 0 Å². The van der Waals surface area contributed by atoms with E-state index in [1.54, 1.807) is 48.5 Å². The maximum atomic E-state index is 11.8. The molecule has 0 aromatic heterocycles. The van der Waals surface area contributed by atoms with E-state index in [9.17, 15) is 9.59 Å². The third-order valence-electron chi connectivity index (χ3n) is 2.69. The van der Waals surface area contributed by atoms with Gasteiger partial charge in [0.2, 0.25) is 0 Å². The van der Waals surface area contributed by atoms with Gasteiger partial charge in [0, 0.05) is 9.26 Å². The van der Waals surface area contributed by atoms with Gasteiger partial charge >= 0.3 is 5.97 Å². The molecule has 2 aromatic carbocycles. The Morgan fingerprint density at radius 3 is 2.59 bits per heavy atom. The lowest BCUT2D eigenvalue weighted by molar-refractivity contribution is -0.119. The van der Waals surface area contributed by atoms with E-state index in [0.717, 1.165) is 3.57 Å². The molecule has 5 nitrogen and oxygen atoms in total. The molecule has 22 heavy (non-hydrogen) atoms. The molecule has 2 aromatic rings. The topological polar surface area (TPSA) is 79.2 Å². The Balaban J connectivity index is 1.88. The molecular formula is C16H11IN2O3. The Kier molecular flexibility index (Phi) is 5.49. The van der Waals surface area contributed by atoms with Gasteiger partial charge in [-0.1, -0.05) is 6.07 Å². The molecule has 110 valence electrons. The highest BCUT2D eigenvalue weighted by atomic mass is 127. The molecule has 0 fully saturated rings. The van der Waals surface area contributed by atoms with Crippen LogP contribution in [-0.4, -0.2) is 18.5 Å². The number of carbonyl (C=O) groups is 2. The standard InChI is InChI=1S/C16H11IN2O3/c17-13-6-4-12(5-7-13)16(21)22-10-15(20)19-14-3-1-2-11(8-14)9-18/h1-8H,10H2,(H,19,20). The normalized spacial score (nSPS) is 9.64. The first-order valence-electron chi connectivity index (χ1n) is 6.31. The highest BCUT2D eigenvalue weighted by Gasteiger charge is 2.10. The van der Waals surface area contributed by atoms with E-state index in [2.05, 4.69) is 27.9 Å². The van der Waals surface area contributed by atoms with E-state index >= 15 is 0 Å². The van der Waals surface area contributed by atoms with Crippen molar-refractivity contribution in [2.24, 2.45) is 0 Å². The molecule has 0 radical (unpaired) electrons. The number of ether oxygens (including phenoxy) is 1. The molecule has 0 aliphatic carbocycles. The van der Waals surface area contributed by atoms with Crippen LogP contribution in [0.4, 0.5) is 5.69 Å². The van der Waals surface area contributed by atoms with Crippen LogP contribution in [0.3, 0.4) is 0 Å². The summed E-state index contributed by atoms with van der Waals surface area (Å²) in [4.78, 5) is 23.5. The molecule has 1 amide bonds. The Labute approximate surface area is 141 Å². The Morgan fingerprint density at radius 2 is 1.91 bits per heavy atom. The van der Waals surface area contributed by atoms with Crippen LogP contribution in [0, 0.1) is 14.9 Å². The van der Waals surface area contributed by atoms with Crippen molar-refractivity contribution in [1.82, 2.24) is 0 Å². The fourth-order valence-electron chi connectivity index (χ4n) is 1.66. The quantitative estimate of drug-likeness (QED) is 0.626. The van der Waals surface area contributed by atoms with Gasteiger partial charge in [-0.15, -0.1) is 0 Å². The maximum Gasteiger partial charge on any atom is 0.338 e. The van der Waals surface area contributed by atoms with Crippen molar-refractivity contribution in [2.45, 2.75) is 0 Å². The average molecular weight is 406 g/mol. The Hall–Kier alpha value is -2.40. The van der Waals surface area contributed by atoms with Crippen LogP contribution in [-0.2, 0) is 9.53 Å². The first kappa shape index (κ1) is 16.0. The van der Waals surface area contributed by atoms with Gasteiger partial charge in [0.1, 0.15) is 0 Å². The molecule has 0 unspecified atom stereocenters. The zero-order valence-electron chi connectivity index (χ0n) is 11.4. The maximum absolute atomic E-state index is 11.8. The molecule has 1 N–H and O–H groups in total. The highest BCUT2D eigenvalue weighted by molar-refractivity contribution is 14.1. The van der Waals surface area contributed by atoms with E-state index < -0.39 is 11.9 Å². The lowest BCUT2D eigenvalue weighted by Crippen LogP contribution is -2.20. The molecule has 0 spiro atoms. The van der Waals surface area contributed by atoms with Gasteiger partial charge < -0.3 is 10.1 Å². The molecule has 0 bridgehead atoms. The molecular weight excluding hydrogens is 395 g/mol. The molecule has 0 saturated heterocycles. The number of hydrogen-bond acceptors (Lipinski definition) is 4. The molecule has 0 atom stereocenters. The SMILES string of the molecule is N#Cc1cccc(NC(=O)COC(=O)c2ccc(I)cc2)c1. The van der Waals surface area contributed by atoms with Crippen molar-refractivity contribution in [3.63, 3.8) is 0 Å². The number of nitrogens with zero attached hydrogens (tertiary/aromatic N) is 1. The smallest absolute Gasteiger partial charge is 0.338 e. The number of rotatable bonds is 4. The van der Waals surface area contributed by atoms with E-state index in [1.165, 1.54) is 0 Å². The first-order chi connectivity index (χ1) is 10.6. The highest BCUT2D eigenvalue weighted by Crippen LogP contribution is 2.10. The molecule has 2 rings (SSSR count). The summed E-state index contributed by atoms with van der Waals surface area (Å²) < 4.78 is 5.94. The third-order valence-corrected chi connectivity index (χ3v) is 3.41. The number of amides is 1. The third kappa shape index (κ3) is 4.56. The predicted molar refractivity (Wildman–Crippen MR) is 89.2 cm³/mol. The fraction of sp³-hybridized carbons (Fsp3) is 0.0625. The van der Waals surface area contributed by atoms with Gasteiger partial charge in [0.05, 0.1) is 17.2 Å². The Bertz CT molecular complexity index is 736. The van der Waals surface area contributed by atoms with E-state index in [-0.39, 0.29) is 6.61 Å². The predicted octanol–water partition coefficient (Wildman–Crippen LogP) is 2.96. The van der Waals surface area contributed by atoms with Crippen LogP contribution in [0.5, 0.6) is 0 Å². The van der Waals surface area contributed by atoms with E-state index in [1.807, 2.05) is 6.07 Å². The summed E-state index contributed by atoms with van der Waals surface area (Å²) in [6.45, 7) is -0.387. The summed E-state index contributed by atoms with van der Waals surface area (Å²) in [6.07, 6.45) is 0. The number of nitrogens with one attached hydrogen (secondary N) is 1. The summed E-state index contributed by atoms with van der Waals surface area (Å²) in [5.74, 6) is -1.02. The number of halogens is 1. The number of benzene rings is 2. The van der Waals surface area contributed by atoms with Crippen molar-refractivity contribution in [3.05, 3.63) is 63.2 Å². The van der Waals surface area contributed by atoms with Gasteiger partial charge in [-0.2, -0.15) is 5.26 Å². The zero-order valence-corrected chi connectivity index (χ0v) is 13.5. The van der Waals surface area contributed by atoms with Gasteiger partial charge in [-0.3, -0.25) is 4.79 Å². The van der Waals surface area contributed by atoms with Crippen LogP contribution in [0.25, 0.3) is 0 Å². The fourth-order valence-corrected chi connectivity index (χ4v) is 2.02. The molecule has 0 aliphatic heterocycles. The number of esters is 1. The van der Waals surface area contributed by atoms with Crippen LogP contribution < -0.4 is 5.32 Å². The van der Waals surface area contributed by atoms with Crippen molar-refractivity contribution in [1.29, 1.82) is 5.26 Å². The summed E-state index contributed by atoms with van der Waals surface area (Å²) in [5.41, 5.74) is 1.31. The Morgan fingerprint density at radius 1 is 1.18 bits per heavy atom. The summed E-state index contributed by atoms with van der Waals surface area (Å²) in [5, 5.41) is 11.3. The lowest BCUT2D eigenvalue weighted by Gasteiger charge is -2.07. The summed E-state index contributed by atoms with van der Waals surface area (Å²) >= 11 is 2.13. The van der Waals surface area contributed by atoms with E-state index in [4.69, 9.17) is 10.00 Å². The van der Waals surface area contributed by atoms with Crippen LogP contribution in [0.1, 0.15) is 15.9 Å². The van der Waals surface area contributed by atoms with Gasteiger partial charge in [0.15, 0.2) is 6.61 Å². The molecule has 0 aliphatic rings.